The van der Waals surface area contributed by atoms with E-state index in [1.165, 1.54) is 0 Å². The average molecular weight is 208 g/mol. The largest absolute Gasteiger partial charge is 0.488 e. The first-order valence-electron chi connectivity index (χ1n) is 5.28. The Morgan fingerprint density at radius 1 is 1.47 bits per heavy atom. The van der Waals surface area contributed by atoms with Gasteiger partial charge in [0.1, 0.15) is 11.9 Å². The molecular formula is C11H16N2O2. The number of aromatic nitrogens is 1. The maximum Gasteiger partial charge on any atom is 0.142 e. The molecule has 1 aliphatic heterocycles. The normalized spacial score (nSPS) is 17.7. The van der Waals surface area contributed by atoms with Crippen molar-refractivity contribution in [1.29, 1.82) is 0 Å². The molecule has 0 unspecified atom stereocenters. The molecule has 1 saturated heterocycles. The van der Waals surface area contributed by atoms with Crippen LogP contribution in [-0.2, 0) is 11.3 Å². The summed E-state index contributed by atoms with van der Waals surface area (Å²) in [5.41, 5.74) is 6.41. The summed E-state index contributed by atoms with van der Waals surface area (Å²) >= 11 is 0. The molecule has 2 heterocycles. The molecule has 1 fully saturated rings. The van der Waals surface area contributed by atoms with E-state index in [0.29, 0.717) is 6.54 Å². The predicted molar refractivity (Wildman–Crippen MR) is 56.6 cm³/mol. The van der Waals surface area contributed by atoms with Crippen molar-refractivity contribution in [3.63, 3.8) is 0 Å². The molecule has 0 radical (unpaired) electrons. The fraction of sp³-hybridized carbons (Fsp3) is 0.545. The number of nitrogens with zero attached hydrogens (tertiary/aromatic N) is 1. The van der Waals surface area contributed by atoms with Gasteiger partial charge < -0.3 is 15.2 Å². The molecule has 1 aromatic heterocycles. The quantitative estimate of drug-likeness (QED) is 0.808. The third-order valence-electron chi connectivity index (χ3n) is 2.50. The second-order valence-corrected chi connectivity index (χ2v) is 3.58. The van der Waals surface area contributed by atoms with Crippen molar-refractivity contribution < 1.29 is 9.47 Å². The maximum absolute atomic E-state index is 5.85. The first-order chi connectivity index (χ1) is 7.40. The predicted octanol–water partition coefficient (Wildman–Crippen LogP) is 1.10. The second-order valence-electron chi connectivity index (χ2n) is 3.58. The van der Waals surface area contributed by atoms with Crippen LogP contribution in [0.1, 0.15) is 18.5 Å². The van der Waals surface area contributed by atoms with Crippen LogP contribution >= 0.6 is 0 Å². The van der Waals surface area contributed by atoms with E-state index in [1.807, 2.05) is 12.1 Å². The summed E-state index contributed by atoms with van der Waals surface area (Å²) < 4.78 is 11.1. The minimum atomic E-state index is 0.244. The summed E-state index contributed by atoms with van der Waals surface area (Å²) in [5, 5.41) is 0. The molecule has 2 rings (SSSR count). The molecule has 82 valence electrons. The highest BCUT2D eigenvalue weighted by Crippen LogP contribution is 2.20. The van der Waals surface area contributed by atoms with E-state index in [0.717, 1.165) is 37.5 Å². The van der Waals surface area contributed by atoms with Gasteiger partial charge in [-0.15, -0.1) is 0 Å². The van der Waals surface area contributed by atoms with E-state index in [2.05, 4.69) is 4.98 Å². The molecule has 0 bridgehead atoms. The molecular weight excluding hydrogens is 192 g/mol. The molecule has 1 aliphatic rings. The van der Waals surface area contributed by atoms with E-state index in [4.69, 9.17) is 15.2 Å². The zero-order valence-electron chi connectivity index (χ0n) is 8.69. The number of hydrogen-bond acceptors (Lipinski definition) is 4. The Kier molecular flexibility index (Phi) is 3.53. The summed E-state index contributed by atoms with van der Waals surface area (Å²) in [4.78, 5) is 4.18. The van der Waals surface area contributed by atoms with E-state index >= 15 is 0 Å². The van der Waals surface area contributed by atoms with Gasteiger partial charge in [0.25, 0.3) is 0 Å². The van der Waals surface area contributed by atoms with Gasteiger partial charge in [0, 0.05) is 25.6 Å². The van der Waals surface area contributed by atoms with Gasteiger partial charge in [-0.1, -0.05) is 0 Å². The molecule has 2 N–H and O–H groups in total. The highest BCUT2D eigenvalue weighted by Gasteiger charge is 2.16. The molecule has 0 saturated carbocycles. The second kappa shape index (κ2) is 5.09. The van der Waals surface area contributed by atoms with Gasteiger partial charge in [-0.2, -0.15) is 0 Å². The molecule has 0 spiro atoms. The van der Waals surface area contributed by atoms with Crippen LogP contribution in [0.5, 0.6) is 5.75 Å². The molecule has 4 nitrogen and oxygen atoms in total. The van der Waals surface area contributed by atoms with Crippen LogP contribution in [0.25, 0.3) is 0 Å². The summed E-state index contributed by atoms with van der Waals surface area (Å²) in [6, 6.07) is 3.79. The van der Waals surface area contributed by atoms with Gasteiger partial charge in [-0.3, -0.25) is 4.98 Å². The van der Waals surface area contributed by atoms with Gasteiger partial charge >= 0.3 is 0 Å². The van der Waals surface area contributed by atoms with Crippen molar-refractivity contribution >= 4 is 0 Å². The lowest BCUT2D eigenvalue weighted by molar-refractivity contribution is 0.0250. The van der Waals surface area contributed by atoms with Crippen LogP contribution in [0.4, 0.5) is 0 Å². The highest BCUT2D eigenvalue weighted by molar-refractivity contribution is 5.26. The van der Waals surface area contributed by atoms with E-state index < -0.39 is 0 Å². The Morgan fingerprint density at radius 2 is 2.27 bits per heavy atom. The lowest BCUT2D eigenvalue weighted by Crippen LogP contribution is -2.26. The van der Waals surface area contributed by atoms with Crippen LogP contribution in [0, 0.1) is 0 Å². The van der Waals surface area contributed by atoms with Crippen molar-refractivity contribution in [3.05, 3.63) is 24.0 Å². The van der Waals surface area contributed by atoms with Gasteiger partial charge in [0.15, 0.2) is 0 Å². The third kappa shape index (κ3) is 2.67. The topological polar surface area (TPSA) is 57.4 Å². The van der Waals surface area contributed by atoms with Crippen LogP contribution < -0.4 is 10.5 Å². The molecule has 1 aromatic rings. The molecule has 0 amide bonds. The highest BCUT2D eigenvalue weighted by atomic mass is 16.5. The Balaban J connectivity index is 2.02. The van der Waals surface area contributed by atoms with Gasteiger partial charge in [-0.05, 0) is 12.1 Å². The van der Waals surface area contributed by atoms with Crippen molar-refractivity contribution in [3.8, 4) is 5.75 Å². The molecule has 0 aliphatic carbocycles. The average Bonchev–Trinajstić information content (AvgIpc) is 2.31. The Morgan fingerprint density at radius 3 is 3.00 bits per heavy atom. The summed E-state index contributed by atoms with van der Waals surface area (Å²) in [6.45, 7) is 1.98. The lowest BCUT2D eigenvalue weighted by Gasteiger charge is -2.24. The maximum atomic E-state index is 5.85. The first kappa shape index (κ1) is 10.4. The summed E-state index contributed by atoms with van der Waals surface area (Å²) in [7, 11) is 0. The van der Waals surface area contributed by atoms with Gasteiger partial charge in [0.2, 0.25) is 0 Å². The number of nitrogens with two attached hydrogens (primary N) is 1. The van der Waals surface area contributed by atoms with Crippen LogP contribution in [0.2, 0.25) is 0 Å². The van der Waals surface area contributed by atoms with Crippen molar-refractivity contribution in [2.75, 3.05) is 13.2 Å². The lowest BCUT2D eigenvalue weighted by atomic mass is 10.1. The zero-order valence-corrected chi connectivity index (χ0v) is 8.69. The number of rotatable bonds is 3. The van der Waals surface area contributed by atoms with E-state index in [9.17, 15) is 0 Å². The standard InChI is InChI=1S/C11H16N2O2/c12-8-10-11(2-1-5-13-10)15-9-3-6-14-7-4-9/h1-2,5,9H,3-4,6-8,12H2. The van der Waals surface area contributed by atoms with Gasteiger partial charge in [0.05, 0.1) is 18.9 Å². The number of hydrogen-bond donors (Lipinski definition) is 1. The third-order valence-corrected chi connectivity index (χ3v) is 2.50. The smallest absolute Gasteiger partial charge is 0.142 e. The number of ether oxygens (including phenoxy) is 2. The number of pyridine rings is 1. The van der Waals surface area contributed by atoms with Crippen LogP contribution in [-0.4, -0.2) is 24.3 Å². The fourth-order valence-corrected chi connectivity index (χ4v) is 1.66. The summed E-state index contributed by atoms with van der Waals surface area (Å²) in [6.07, 6.45) is 3.87. The monoisotopic (exact) mass is 208 g/mol. The fourth-order valence-electron chi connectivity index (χ4n) is 1.66. The molecule has 4 heteroatoms. The molecule has 0 aromatic carbocycles. The van der Waals surface area contributed by atoms with Crippen molar-refractivity contribution in [1.82, 2.24) is 4.98 Å². The summed E-state index contributed by atoms with van der Waals surface area (Å²) in [5.74, 6) is 0.812. The van der Waals surface area contributed by atoms with Crippen LogP contribution in [0.3, 0.4) is 0 Å². The van der Waals surface area contributed by atoms with Crippen molar-refractivity contribution in [2.24, 2.45) is 5.73 Å². The van der Waals surface area contributed by atoms with E-state index in [-0.39, 0.29) is 6.10 Å². The van der Waals surface area contributed by atoms with E-state index in [1.54, 1.807) is 6.20 Å². The minimum absolute atomic E-state index is 0.244. The first-order valence-corrected chi connectivity index (χ1v) is 5.28. The van der Waals surface area contributed by atoms with Gasteiger partial charge in [-0.25, -0.2) is 0 Å². The Hall–Kier alpha value is -1.13. The van der Waals surface area contributed by atoms with Crippen LogP contribution in [0.15, 0.2) is 18.3 Å². The SMILES string of the molecule is NCc1ncccc1OC1CCOCC1. The molecule has 15 heavy (non-hydrogen) atoms. The zero-order chi connectivity index (χ0) is 10.5. The molecule has 0 atom stereocenters. The van der Waals surface area contributed by atoms with Crippen molar-refractivity contribution in [2.45, 2.75) is 25.5 Å². The Labute approximate surface area is 89.4 Å². The minimum Gasteiger partial charge on any atom is -0.488 e. The Bertz CT molecular complexity index is 311.